The fourth-order valence-electron chi connectivity index (χ4n) is 2.98. The molecule has 0 radical (unpaired) electrons. The molecule has 0 aromatic heterocycles. The van der Waals surface area contributed by atoms with Gasteiger partial charge < -0.3 is 10.1 Å². The topological polar surface area (TPSA) is 55.4 Å². The van der Waals surface area contributed by atoms with E-state index in [1.54, 1.807) is 18.7 Å². The molecule has 32 heavy (non-hydrogen) atoms. The number of anilines is 1. The summed E-state index contributed by atoms with van der Waals surface area (Å²) >= 11 is 1.73. The van der Waals surface area contributed by atoms with Crippen LogP contribution in [0, 0.1) is 5.92 Å². The number of carbonyl (C=O) groups is 2. The lowest BCUT2D eigenvalue weighted by Crippen LogP contribution is -2.33. The van der Waals surface area contributed by atoms with Gasteiger partial charge in [0.2, 0.25) is 5.91 Å². The van der Waals surface area contributed by atoms with Crippen molar-refractivity contribution in [2.24, 2.45) is 5.92 Å². The summed E-state index contributed by atoms with van der Waals surface area (Å²) in [5.41, 5.74) is 2.84. The number of rotatable bonds is 9. The molecular formula is C27H31NO3S. The predicted molar refractivity (Wildman–Crippen MR) is 133 cm³/mol. The molecule has 0 saturated carbocycles. The number of carbonyl (C=O) groups excluding carboxylic acids is 2. The van der Waals surface area contributed by atoms with Crippen molar-refractivity contribution in [3.8, 4) is 0 Å². The second-order valence-corrected chi connectivity index (χ2v) is 7.83. The lowest BCUT2D eigenvalue weighted by molar-refractivity contribution is -0.150. The van der Waals surface area contributed by atoms with Crippen molar-refractivity contribution in [3.63, 3.8) is 0 Å². The van der Waals surface area contributed by atoms with Gasteiger partial charge in [0, 0.05) is 16.3 Å². The summed E-state index contributed by atoms with van der Waals surface area (Å²) in [6.45, 7) is 5.98. The maximum absolute atomic E-state index is 12.8. The van der Waals surface area contributed by atoms with Crippen molar-refractivity contribution in [1.82, 2.24) is 0 Å². The Hall–Kier alpha value is -3.05. The largest absolute Gasteiger partial charge is 0.465 e. The number of thioether (sulfide) groups is 1. The molecule has 4 nitrogen and oxygen atoms in total. The minimum atomic E-state index is -0.889. The van der Waals surface area contributed by atoms with Crippen molar-refractivity contribution < 1.29 is 14.3 Å². The molecule has 0 aliphatic rings. The average molecular weight is 450 g/mol. The summed E-state index contributed by atoms with van der Waals surface area (Å²) in [7, 11) is 0. The van der Waals surface area contributed by atoms with Gasteiger partial charge in [-0.25, -0.2) is 0 Å². The molecule has 0 heterocycles. The van der Waals surface area contributed by atoms with Crippen molar-refractivity contribution in [3.05, 3.63) is 96.1 Å². The number of nitrogens with one attached hydrogen (secondary N) is 1. The van der Waals surface area contributed by atoms with Crippen LogP contribution in [0.1, 0.15) is 31.9 Å². The molecule has 5 heteroatoms. The van der Waals surface area contributed by atoms with Crippen molar-refractivity contribution in [1.29, 1.82) is 0 Å². The van der Waals surface area contributed by atoms with E-state index in [2.05, 4.69) is 17.4 Å². The molecule has 0 aliphatic heterocycles. The Labute approximate surface area is 195 Å². The van der Waals surface area contributed by atoms with E-state index >= 15 is 0 Å². The van der Waals surface area contributed by atoms with Crippen LogP contribution >= 0.6 is 11.8 Å². The van der Waals surface area contributed by atoms with Crippen LogP contribution in [0.3, 0.4) is 0 Å². The summed E-state index contributed by atoms with van der Waals surface area (Å²) in [5.74, 6) is -0.871. The molecule has 3 aromatic carbocycles. The molecule has 1 amide bonds. The highest BCUT2D eigenvalue weighted by atomic mass is 32.2. The smallest absolute Gasteiger partial charge is 0.318 e. The van der Waals surface area contributed by atoms with Crippen molar-refractivity contribution >= 4 is 29.3 Å². The predicted octanol–water partition coefficient (Wildman–Crippen LogP) is 6.37. The van der Waals surface area contributed by atoms with Crippen LogP contribution in [-0.2, 0) is 26.5 Å². The van der Waals surface area contributed by atoms with E-state index < -0.39 is 11.9 Å². The van der Waals surface area contributed by atoms with E-state index in [1.807, 2.05) is 86.6 Å². The standard InChI is InChI=1S/C25H25NO3S.C2H6/c1-2-29-25(28)23(17-19-9-5-3-6-10-19)24(27)26-21-13-15-22(16-14-21)30-18-20-11-7-4-8-12-20;1-2/h3-16,23H,2,17-18H2,1H3,(H,26,27);1-2H3. The molecule has 0 bridgehead atoms. The number of hydrogen-bond donors (Lipinski definition) is 1. The van der Waals surface area contributed by atoms with Gasteiger partial charge in [0.15, 0.2) is 0 Å². The summed E-state index contributed by atoms with van der Waals surface area (Å²) < 4.78 is 5.13. The molecule has 168 valence electrons. The third-order valence-corrected chi connectivity index (χ3v) is 5.62. The molecule has 3 aromatic rings. The zero-order chi connectivity index (χ0) is 23.2. The van der Waals surface area contributed by atoms with E-state index in [-0.39, 0.29) is 12.5 Å². The Kier molecular flexibility index (Phi) is 11.1. The normalized spacial score (nSPS) is 11.0. The quantitative estimate of drug-likeness (QED) is 0.234. The van der Waals surface area contributed by atoms with Gasteiger partial charge >= 0.3 is 5.97 Å². The first-order chi connectivity index (χ1) is 15.7. The third kappa shape index (κ3) is 8.23. The highest BCUT2D eigenvalue weighted by Gasteiger charge is 2.28. The van der Waals surface area contributed by atoms with Gasteiger partial charge in [-0.3, -0.25) is 9.59 Å². The van der Waals surface area contributed by atoms with Gasteiger partial charge in [-0.1, -0.05) is 74.5 Å². The number of benzene rings is 3. The lowest BCUT2D eigenvalue weighted by Gasteiger charge is -2.16. The molecular weight excluding hydrogens is 418 g/mol. The maximum Gasteiger partial charge on any atom is 0.318 e. The maximum atomic E-state index is 12.8. The number of ether oxygens (including phenoxy) is 1. The first-order valence-corrected chi connectivity index (χ1v) is 11.9. The zero-order valence-electron chi connectivity index (χ0n) is 18.9. The van der Waals surface area contributed by atoms with Crippen LogP contribution < -0.4 is 5.32 Å². The third-order valence-electron chi connectivity index (χ3n) is 4.54. The van der Waals surface area contributed by atoms with Crippen LogP contribution in [0.15, 0.2) is 89.8 Å². The number of hydrogen-bond acceptors (Lipinski definition) is 4. The molecule has 1 N–H and O–H groups in total. The van der Waals surface area contributed by atoms with Gasteiger partial charge in [0.25, 0.3) is 0 Å². The Morgan fingerprint density at radius 3 is 1.97 bits per heavy atom. The van der Waals surface area contributed by atoms with Gasteiger partial charge in [0.1, 0.15) is 5.92 Å². The van der Waals surface area contributed by atoms with Crippen molar-refractivity contribution in [2.75, 3.05) is 11.9 Å². The van der Waals surface area contributed by atoms with E-state index in [9.17, 15) is 9.59 Å². The van der Waals surface area contributed by atoms with Gasteiger partial charge in [0.05, 0.1) is 6.61 Å². The number of amides is 1. The average Bonchev–Trinajstić information content (AvgIpc) is 2.84. The highest BCUT2D eigenvalue weighted by molar-refractivity contribution is 7.98. The Morgan fingerprint density at radius 1 is 0.844 bits per heavy atom. The first-order valence-electron chi connectivity index (χ1n) is 10.9. The van der Waals surface area contributed by atoms with Crippen LogP contribution in [0.5, 0.6) is 0 Å². The Bertz CT molecular complexity index is 944. The summed E-state index contributed by atoms with van der Waals surface area (Å²) in [6, 6.07) is 27.4. The molecule has 0 saturated heterocycles. The SMILES string of the molecule is CC.CCOC(=O)C(Cc1ccccc1)C(=O)Nc1ccc(SCc2ccccc2)cc1. The monoisotopic (exact) mass is 449 g/mol. The Balaban J connectivity index is 0.00000176. The van der Waals surface area contributed by atoms with E-state index in [0.717, 1.165) is 16.2 Å². The molecule has 0 aliphatic carbocycles. The zero-order valence-corrected chi connectivity index (χ0v) is 19.7. The Morgan fingerprint density at radius 2 is 1.41 bits per heavy atom. The molecule has 1 unspecified atom stereocenters. The molecule has 3 rings (SSSR count). The summed E-state index contributed by atoms with van der Waals surface area (Å²) in [4.78, 5) is 26.3. The van der Waals surface area contributed by atoms with E-state index in [0.29, 0.717) is 12.1 Å². The molecule has 1 atom stereocenters. The van der Waals surface area contributed by atoms with Gasteiger partial charge in [-0.2, -0.15) is 0 Å². The van der Waals surface area contributed by atoms with Crippen LogP contribution in [0.4, 0.5) is 5.69 Å². The second kappa shape index (κ2) is 14.1. The number of esters is 1. The minimum absolute atomic E-state index is 0.241. The highest BCUT2D eigenvalue weighted by Crippen LogP contribution is 2.24. The van der Waals surface area contributed by atoms with Crippen LogP contribution in [0.2, 0.25) is 0 Å². The molecule has 0 spiro atoms. The van der Waals surface area contributed by atoms with E-state index in [4.69, 9.17) is 4.74 Å². The first kappa shape index (κ1) is 25.2. The van der Waals surface area contributed by atoms with Crippen LogP contribution in [-0.4, -0.2) is 18.5 Å². The van der Waals surface area contributed by atoms with Crippen molar-refractivity contribution in [2.45, 2.75) is 37.8 Å². The minimum Gasteiger partial charge on any atom is -0.465 e. The summed E-state index contributed by atoms with van der Waals surface area (Å²) in [5, 5.41) is 2.85. The lowest BCUT2D eigenvalue weighted by atomic mass is 9.98. The van der Waals surface area contributed by atoms with Gasteiger partial charge in [-0.15, -0.1) is 11.8 Å². The second-order valence-electron chi connectivity index (χ2n) is 6.78. The fraction of sp³-hybridized carbons (Fsp3) is 0.259. The summed E-state index contributed by atoms with van der Waals surface area (Å²) in [6.07, 6.45) is 0.302. The fourth-order valence-corrected chi connectivity index (χ4v) is 3.83. The van der Waals surface area contributed by atoms with Gasteiger partial charge in [-0.05, 0) is 48.7 Å². The van der Waals surface area contributed by atoms with E-state index in [1.165, 1.54) is 5.56 Å². The van der Waals surface area contributed by atoms with Crippen LogP contribution in [0.25, 0.3) is 0 Å². The molecule has 0 fully saturated rings.